The van der Waals surface area contributed by atoms with Gasteiger partial charge in [0.05, 0.1) is 7.11 Å². The quantitative estimate of drug-likeness (QED) is 0.769. The second-order valence-electron chi connectivity index (χ2n) is 4.44. The Morgan fingerprint density at radius 2 is 1.84 bits per heavy atom. The van der Waals surface area contributed by atoms with Crippen molar-refractivity contribution >= 4 is 11.9 Å². The van der Waals surface area contributed by atoms with Gasteiger partial charge in [-0.25, -0.2) is 4.79 Å². The molecule has 1 aliphatic rings. The van der Waals surface area contributed by atoms with Crippen molar-refractivity contribution in [2.75, 3.05) is 20.3 Å². The van der Waals surface area contributed by atoms with Crippen LogP contribution in [0.3, 0.4) is 0 Å². The molecule has 0 aromatic rings. The molecular formula is C11H16F3NO4. The maximum atomic E-state index is 11.8. The van der Waals surface area contributed by atoms with Crippen LogP contribution >= 0.6 is 0 Å². The minimum atomic E-state index is -4.48. The first-order chi connectivity index (χ1) is 8.79. The Bertz CT molecular complexity index is 337. The van der Waals surface area contributed by atoms with Crippen LogP contribution in [0.15, 0.2) is 0 Å². The molecule has 1 amide bonds. The van der Waals surface area contributed by atoms with Gasteiger partial charge in [-0.15, -0.1) is 0 Å². The van der Waals surface area contributed by atoms with Gasteiger partial charge >= 0.3 is 12.1 Å². The first kappa shape index (κ1) is 15.7. The van der Waals surface area contributed by atoms with Gasteiger partial charge in [0.15, 0.2) is 0 Å². The van der Waals surface area contributed by atoms with E-state index in [0.717, 1.165) is 12.8 Å². The van der Waals surface area contributed by atoms with Crippen molar-refractivity contribution in [3.05, 3.63) is 0 Å². The first-order valence-electron chi connectivity index (χ1n) is 5.83. The van der Waals surface area contributed by atoms with Gasteiger partial charge in [-0.05, 0) is 12.8 Å². The molecule has 0 heterocycles. The van der Waals surface area contributed by atoms with E-state index in [1.807, 2.05) is 0 Å². The number of hydrogen-bond acceptors (Lipinski definition) is 4. The van der Waals surface area contributed by atoms with E-state index in [9.17, 15) is 22.8 Å². The van der Waals surface area contributed by atoms with Gasteiger partial charge in [0, 0.05) is 0 Å². The number of carbonyl (C=O) groups is 2. The van der Waals surface area contributed by atoms with E-state index in [1.54, 1.807) is 0 Å². The molecule has 0 spiro atoms. The fourth-order valence-electron chi connectivity index (χ4n) is 2.12. The van der Waals surface area contributed by atoms with Crippen LogP contribution in [-0.2, 0) is 19.1 Å². The molecule has 1 rings (SSSR count). The maximum absolute atomic E-state index is 11.8. The van der Waals surface area contributed by atoms with Crippen LogP contribution in [0.5, 0.6) is 0 Å². The van der Waals surface area contributed by atoms with Gasteiger partial charge in [-0.3, -0.25) is 4.79 Å². The molecule has 1 N–H and O–H groups in total. The van der Waals surface area contributed by atoms with E-state index in [0.29, 0.717) is 12.8 Å². The molecular weight excluding hydrogens is 267 g/mol. The summed E-state index contributed by atoms with van der Waals surface area (Å²) in [6, 6.07) is 0. The van der Waals surface area contributed by atoms with Crippen molar-refractivity contribution in [1.29, 1.82) is 0 Å². The van der Waals surface area contributed by atoms with Crippen LogP contribution in [0.25, 0.3) is 0 Å². The molecule has 19 heavy (non-hydrogen) atoms. The van der Waals surface area contributed by atoms with Crippen LogP contribution < -0.4 is 5.32 Å². The van der Waals surface area contributed by atoms with E-state index in [1.165, 1.54) is 7.11 Å². The Balaban J connectivity index is 2.47. The summed E-state index contributed by atoms with van der Waals surface area (Å²) in [4.78, 5) is 23.1. The molecule has 8 heteroatoms. The van der Waals surface area contributed by atoms with Gasteiger partial charge in [0.25, 0.3) is 0 Å². The van der Waals surface area contributed by atoms with Gasteiger partial charge in [-0.2, -0.15) is 13.2 Å². The number of amides is 1. The standard InChI is InChI=1S/C11H16F3NO4/c1-18-9(17)10(4-2-3-5-10)15-8(16)6-19-7-11(12,13)14/h2-7H2,1H3,(H,15,16). The minimum absolute atomic E-state index is 0.421. The topological polar surface area (TPSA) is 64.6 Å². The maximum Gasteiger partial charge on any atom is 0.411 e. The van der Waals surface area contributed by atoms with Crippen LogP contribution in [0, 0.1) is 0 Å². The van der Waals surface area contributed by atoms with Crippen LogP contribution in [0.2, 0.25) is 0 Å². The molecule has 0 bridgehead atoms. The summed E-state index contributed by atoms with van der Waals surface area (Å²) in [5, 5.41) is 2.42. The lowest BCUT2D eigenvalue weighted by Gasteiger charge is -2.27. The summed E-state index contributed by atoms with van der Waals surface area (Å²) < 4.78 is 44.4. The second-order valence-corrected chi connectivity index (χ2v) is 4.44. The lowest BCUT2D eigenvalue weighted by atomic mass is 9.98. The second kappa shape index (κ2) is 6.23. The smallest absolute Gasteiger partial charge is 0.411 e. The number of carbonyl (C=O) groups excluding carboxylic acids is 2. The third-order valence-electron chi connectivity index (χ3n) is 2.91. The van der Waals surface area contributed by atoms with E-state index >= 15 is 0 Å². The number of hydrogen-bond donors (Lipinski definition) is 1. The van der Waals surface area contributed by atoms with Crippen LogP contribution in [-0.4, -0.2) is 43.9 Å². The molecule has 0 aliphatic heterocycles. The molecule has 5 nitrogen and oxygen atoms in total. The number of esters is 1. The van der Waals surface area contributed by atoms with Gasteiger partial charge in [0.1, 0.15) is 18.8 Å². The van der Waals surface area contributed by atoms with Crippen LogP contribution in [0.1, 0.15) is 25.7 Å². The number of rotatable bonds is 5. The molecule has 1 fully saturated rings. The van der Waals surface area contributed by atoms with Gasteiger partial charge < -0.3 is 14.8 Å². The van der Waals surface area contributed by atoms with Crippen molar-refractivity contribution in [3.63, 3.8) is 0 Å². The third-order valence-corrected chi connectivity index (χ3v) is 2.91. The van der Waals surface area contributed by atoms with Gasteiger partial charge in [-0.1, -0.05) is 12.8 Å². The Morgan fingerprint density at radius 3 is 2.32 bits per heavy atom. The SMILES string of the molecule is COC(=O)C1(NC(=O)COCC(F)(F)F)CCCC1. The van der Waals surface area contributed by atoms with Gasteiger partial charge in [0.2, 0.25) is 5.91 Å². The molecule has 0 atom stereocenters. The monoisotopic (exact) mass is 283 g/mol. The van der Waals surface area contributed by atoms with Crippen molar-refractivity contribution in [2.24, 2.45) is 0 Å². The van der Waals surface area contributed by atoms with E-state index in [2.05, 4.69) is 14.8 Å². The Morgan fingerprint density at radius 1 is 1.26 bits per heavy atom. The lowest BCUT2D eigenvalue weighted by Crippen LogP contribution is -2.54. The molecule has 110 valence electrons. The fourth-order valence-corrected chi connectivity index (χ4v) is 2.12. The number of ether oxygens (including phenoxy) is 2. The van der Waals surface area contributed by atoms with Crippen molar-refractivity contribution in [2.45, 2.75) is 37.4 Å². The largest absolute Gasteiger partial charge is 0.467 e. The third kappa shape index (κ3) is 4.70. The summed E-state index contributed by atoms with van der Waals surface area (Å²) in [7, 11) is 1.20. The summed E-state index contributed by atoms with van der Waals surface area (Å²) in [6.45, 7) is -2.23. The highest BCUT2D eigenvalue weighted by atomic mass is 19.4. The molecule has 1 saturated carbocycles. The number of alkyl halides is 3. The lowest BCUT2D eigenvalue weighted by molar-refractivity contribution is -0.176. The van der Waals surface area contributed by atoms with Crippen LogP contribution in [0.4, 0.5) is 13.2 Å². The zero-order valence-electron chi connectivity index (χ0n) is 10.5. The van der Waals surface area contributed by atoms with Crippen molar-refractivity contribution < 1.29 is 32.2 Å². The average molecular weight is 283 g/mol. The number of halogens is 3. The summed E-state index contributed by atoms with van der Waals surface area (Å²) >= 11 is 0. The molecule has 0 unspecified atom stereocenters. The van der Waals surface area contributed by atoms with E-state index in [-0.39, 0.29) is 0 Å². The molecule has 0 aromatic carbocycles. The number of nitrogens with one attached hydrogen (secondary N) is 1. The Kier molecular flexibility index (Phi) is 5.16. The fraction of sp³-hybridized carbons (Fsp3) is 0.818. The van der Waals surface area contributed by atoms with Crippen molar-refractivity contribution in [1.82, 2.24) is 5.32 Å². The Labute approximate surface area is 108 Å². The zero-order chi connectivity index (χ0) is 14.5. The highest BCUT2D eigenvalue weighted by Gasteiger charge is 2.43. The molecule has 1 aliphatic carbocycles. The Hall–Kier alpha value is -1.31. The minimum Gasteiger partial charge on any atom is -0.467 e. The summed E-state index contributed by atoms with van der Waals surface area (Å²) in [6.07, 6.45) is -2.14. The number of methoxy groups -OCH3 is 1. The first-order valence-corrected chi connectivity index (χ1v) is 5.83. The zero-order valence-corrected chi connectivity index (χ0v) is 10.5. The average Bonchev–Trinajstić information content (AvgIpc) is 2.75. The summed E-state index contributed by atoms with van der Waals surface area (Å²) in [5.41, 5.74) is -1.12. The highest BCUT2D eigenvalue weighted by molar-refractivity contribution is 5.88. The predicted octanol–water partition coefficient (Wildman–Crippen LogP) is 1.17. The van der Waals surface area contributed by atoms with Crippen molar-refractivity contribution in [3.8, 4) is 0 Å². The van der Waals surface area contributed by atoms with E-state index < -0.39 is 36.8 Å². The molecule has 0 radical (unpaired) electrons. The highest BCUT2D eigenvalue weighted by Crippen LogP contribution is 2.30. The normalized spacial score (nSPS) is 18.1. The van der Waals surface area contributed by atoms with E-state index in [4.69, 9.17) is 0 Å². The summed E-state index contributed by atoms with van der Waals surface area (Å²) in [5.74, 6) is -1.33. The molecule has 0 aromatic heterocycles. The molecule has 0 saturated heterocycles. The predicted molar refractivity (Wildman–Crippen MR) is 58.2 cm³/mol.